The summed E-state index contributed by atoms with van der Waals surface area (Å²) in [7, 11) is 1.43. The summed E-state index contributed by atoms with van der Waals surface area (Å²) < 4.78 is 5.00. The molecule has 1 aromatic carbocycles. The van der Waals surface area contributed by atoms with Crippen LogP contribution in [0.2, 0.25) is 5.02 Å². The fourth-order valence-corrected chi connectivity index (χ4v) is 2.38. The van der Waals surface area contributed by atoms with Gasteiger partial charge in [0, 0.05) is 5.38 Å². The zero-order chi connectivity index (χ0) is 14.7. The zero-order valence-corrected chi connectivity index (χ0v) is 11.9. The Morgan fingerprint density at radius 3 is 2.80 bits per heavy atom. The van der Waals surface area contributed by atoms with Crippen LogP contribution in [-0.4, -0.2) is 28.3 Å². The topological polar surface area (TPSA) is 79.7 Å². The van der Waals surface area contributed by atoms with Crippen LogP contribution >= 0.6 is 22.9 Å². The van der Waals surface area contributed by atoms with Crippen molar-refractivity contribution in [3.05, 3.63) is 38.8 Å². The number of methoxy groups -OCH3 is 1. The number of aromatic hydroxyl groups is 1. The third-order valence-corrected chi connectivity index (χ3v) is 3.53. The number of aromatic carboxylic acids is 1. The van der Waals surface area contributed by atoms with Gasteiger partial charge in [-0.2, -0.15) is 0 Å². The van der Waals surface area contributed by atoms with E-state index in [1.165, 1.54) is 23.8 Å². The largest absolute Gasteiger partial charge is 0.503 e. The van der Waals surface area contributed by atoms with E-state index in [1.807, 2.05) is 0 Å². The number of phenolic OH excluding ortho intramolecular Hbond substituents is 1. The van der Waals surface area contributed by atoms with Gasteiger partial charge in [-0.05, 0) is 23.8 Å². The van der Waals surface area contributed by atoms with Crippen LogP contribution in [0.1, 0.15) is 21.1 Å². The number of hydrogen-bond acceptors (Lipinski definition) is 5. The van der Waals surface area contributed by atoms with E-state index >= 15 is 0 Å². The monoisotopic (exact) mass is 311 g/mol. The average molecular weight is 312 g/mol. The summed E-state index contributed by atoms with van der Waals surface area (Å²) in [4.78, 5) is 14.6. The predicted octanol–water partition coefficient (Wildman–Crippen LogP) is 3.38. The molecule has 104 valence electrons. The van der Waals surface area contributed by atoms with Crippen molar-refractivity contribution in [1.82, 2.24) is 4.98 Å². The maximum Gasteiger partial charge on any atom is 0.355 e. The molecule has 5 nitrogen and oxygen atoms in total. The number of carboxylic acid groups (broad SMARTS) is 1. The standard InChI is InChI=1S/C13H10ClNO4S/c1-19-10-5-7(4-8(14)12(10)16)2-3-11-15-9(6-20-11)13(17)18/h2-6,16H,1H3,(H,17,18)/b3-2+. The number of halogens is 1. The smallest absolute Gasteiger partial charge is 0.355 e. The number of carboxylic acids is 1. The lowest BCUT2D eigenvalue weighted by molar-refractivity contribution is 0.0691. The van der Waals surface area contributed by atoms with Crippen LogP contribution in [0.15, 0.2) is 17.5 Å². The number of thiazole rings is 1. The fraction of sp³-hybridized carbons (Fsp3) is 0.0769. The molecule has 0 aliphatic carbocycles. The Labute approximate surface area is 123 Å². The number of phenols is 1. The van der Waals surface area contributed by atoms with Gasteiger partial charge in [-0.3, -0.25) is 0 Å². The molecule has 7 heteroatoms. The Morgan fingerprint density at radius 2 is 2.20 bits per heavy atom. The molecule has 0 aliphatic rings. The van der Waals surface area contributed by atoms with E-state index in [4.69, 9.17) is 21.4 Å². The minimum Gasteiger partial charge on any atom is -0.503 e. The number of hydrogen-bond donors (Lipinski definition) is 2. The molecule has 0 bridgehead atoms. The molecule has 0 amide bonds. The lowest BCUT2D eigenvalue weighted by Crippen LogP contribution is -1.95. The molecule has 0 radical (unpaired) electrons. The lowest BCUT2D eigenvalue weighted by Gasteiger charge is -2.06. The van der Waals surface area contributed by atoms with Crippen molar-refractivity contribution in [1.29, 1.82) is 0 Å². The Balaban J connectivity index is 2.26. The van der Waals surface area contributed by atoms with Crippen LogP contribution < -0.4 is 4.74 Å². The first-order valence-electron chi connectivity index (χ1n) is 5.44. The second-order valence-electron chi connectivity index (χ2n) is 3.76. The van der Waals surface area contributed by atoms with Crippen molar-refractivity contribution in [2.45, 2.75) is 0 Å². The van der Waals surface area contributed by atoms with E-state index in [2.05, 4.69) is 4.98 Å². The maximum atomic E-state index is 10.7. The van der Waals surface area contributed by atoms with Gasteiger partial charge in [-0.15, -0.1) is 11.3 Å². The summed E-state index contributed by atoms with van der Waals surface area (Å²) in [5, 5.41) is 20.6. The molecule has 0 aliphatic heterocycles. The molecule has 0 saturated carbocycles. The summed E-state index contributed by atoms with van der Waals surface area (Å²) in [6.45, 7) is 0. The SMILES string of the molecule is COc1cc(/C=C/c2nc(C(=O)O)cs2)cc(Cl)c1O. The highest BCUT2D eigenvalue weighted by Gasteiger charge is 2.08. The van der Waals surface area contributed by atoms with Crippen molar-refractivity contribution in [3.8, 4) is 11.5 Å². The minimum atomic E-state index is -1.06. The van der Waals surface area contributed by atoms with Crippen LogP contribution in [0.4, 0.5) is 0 Å². The molecule has 0 fully saturated rings. The van der Waals surface area contributed by atoms with Crippen molar-refractivity contribution in [2.75, 3.05) is 7.11 Å². The van der Waals surface area contributed by atoms with Gasteiger partial charge in [0.2, 0.25) is 0 Å². The summed E-state index contributed by atoms with van der Waals surface area (Å²) in [5.41, 5.74) is 0.715. The number of benzene rings is 1. The number of carbonyl (C=O) groups is 1. The quantitative estimate of drug-likeness (QED) is 0.905. The van der Waals surface area contributed by atoms with Gasteiger partial charge >= 0.3 is 5.97 Å². The van der Waals surface area contributed by atoms with Crippen LogP contribution in [0.5, 0.6) is 11.5 Å². The van der Waals surface area contributed by atoms with Crippen LogP contribution in [0.25, 0.3) is 12.2 Å². The zero-order valence-electron chi connectivity index (χ0n) is 10.3. The van der Waals surface area contributed by atoms with Crippen molar-refractivity contribution < 1.29 is 19.7 Å². The lowest BCUT2D eigenvalue weighted by atomic mass is 10.2. The Kier molecular flexibility index (Phi) is 4.26. The molecule has 20 heavy (non-hydrogen) atoms. The summed E-state index contributed by atoms with van der Waals surface area (Å²) in [6.07, 6.45) is 3.37. The van der Waals surface area contributed by atoms with E-state index in [-0.39, 0.29) is 22.2 Å². The molecule has 0 atom stereocenters. The van der Waals surface area contributed by atoms with Gasteiger partial charge < -0.3 is 14.9 Å². The van der Waals surface area contributed by atoms with Crippen LogP contribution in [0.3, 0.4) is 0 Å². The Hall–Kier alpha value is -2.05. The predicted molar refractivity (Wildman–Crippen MR) is 77.7 cm³/mol. The Morgan fingerprint density at radius 1 is 1.45 bits per heavy atom. The molecular formula is C13H10ClNO4S. The van der Waals surface area contributed by atoms with Gasteiger partial charge in [0.1, 0.15) is 5.01 Å². The second-order valence-corrected chi connectivity index (χ2v) is 5.06. The highest BCUT2D eigenvalue weighted by Crippen LogP contribution is 2.35. The van der Waals surface area contributed by atoms with Gasteiger partial charge in [0.15, 0.2) is 17.2 Å². The number of aromatic nitrogens is 1. The first-order valence-corrected chi connectivity index (χ1v) is 6.70. The summed E-state index contributed by atoms with van der Waals surface area (Å²) in [5.74, 6) is -0.911. The number of rotatable bonds is 4. The first-order chi connectivity index (χ1) is 9.51. The third kappa shape index (κ3) is 3.09. The number of nitrogens with zero attached hydrogens (tertiary/aromatic N) is 1. The van der Waals surface area contributed by atoms with E-state index in [1.54, 1.807) is 24.3 Å². The van der Waals surface area contributed by atoms with E-state index in [9.17, 15) is 9.90 Å². The summed E-state index contributed by atoms with van der Waals surface area (Å²) in [6, 6.07) is 3.19. The van der Waals surface area contributed by atoms with Crippen molar-refractivity contribution in [2.24, 2.45) is 0 Å². The Bertz CT molecular complexity index is 681. The van der Waals surface area contributed by atoms with Crippen molar-refractivity contribution in [3.63, 3.8) is 0 Å². The van der Waals surface area contributed by atoms with Gasteiger partial charge in [-0.25, -0.2) is 9.78 Å². The second kappa shape index (κ2) is 5.94. The fourth-order valence-electron chi connectivity index (χ4n) is 1.48. The normalized spacial score (nSPS) is 10.9. The highest BCUT2D eigenvalue weighted by atomic mass is 35.5. The molecule has 1 heterocycles. The molecule has 1 aromatic heterocycles. The van der Waals surface area contributed by atoms with Crippen LogP contribution in [-0.2, 0) is 0 Å². The maximum absolute atomic E-state index is 10.7. The number of ether oxygens (including phenoxy) is 1. The van der Waals surface area contributed by atoms with Crippen LogP contribution in [0, 0.1) is 0 Å². The van der Waals surface area contributed by atoms with E-state index < -0.39 is 5.97 Å². The van der Waals surface area contributed by atoms with E-state index in [0.29, 0.717) is 10.6 Å². The van der Waals surface area contributed by atoms with Gasteiger partial charge in [-0.1, -0.05) is 17.7 Å². The van der Waals surface area contributed by atoms with Gasteiger partial charge in [0.05, 0.1) is 12.1 Å². The highest BCUT2D eigenvalue weighted by molar-refractivity contribution is 7.10. The molecule has 0 spiro atoms. The summed E-state index contributed by atoms with van der Waals surface area (Å²) >= 11 is 7.09. The third-order valence-electron chi connectivity index (χ3n) is 2.43. The molecule has 0 saturated heterocycles. The van der Waals surface area contributed by atoms with Crippen molar-refractivity contribution >= 4 is 41.1 Å². The van der Waals surface area contributed by atoms with Gasteiger partial charge in [0.25, 0.3) is 0 Å². The average Bonchev–Trinajstić information content (AvgIpc) is 2.89. The molecular weight excluding hydrogens is 302 g/mol. The molecule has 2 N–H and O–H groups in total. The first kappa shape index (κ1) is 14.4. The minimum absolute atomic E-state index is 0.0102. The molecule has 0 unspecified atom stereocenters. The molecule has 2 aromatic rings. The van der Waals surface area contributed by atoms with E-state index in [0.717, 1.165) is 0 Å². The molecule has 2 rings (SSSR count).